The average molecular weight is 180 g/mol. The molecule has 3 N–H and O–H groups in total. The standard InChI is InChI=1S/C10H16N2O/c11-12-10(13)9-6-7-2-1-3-8(9)5-4-7/h4-5,7-9H,1-3,6,11H2,(H,12,13)/t7-,8+,9-/m0/s1. The molecule has 0 aliphatic heterocycles. The fourth-order valence-electron chi connectivity index (χ4n) is 2.55. The lowest BCUT2D eigenvalue weighted by Crippen LogP contribution is -2.39. The van der Waals surface area contributed by atoms with Crippen LogP contribution in [0.1, 0.15) is 25.7 Å². The van der Waals surface area contributed by atoms with Crippen LogP contribution in [0.4, 0.5) is 0 Å². The van der Waals surface area contributed by atoms with E-state index < -0.39 is 0 Å². The Labute approximate surface area is 78.3 Å². The Balaban J connectivity index is 2.14. The zero-order valence-corrected chi connectivity index (χ0v) is 7.70. The Morgan fingerprint density at radius 3 is 3.00 bits per heavy atom. The molecule has 3 aliphatic carbocycles. The second-order valence-corrected chi connectivity index (χ2v) is 4.09. The largest absolute Gasteiger partial charge is 0.294 e. The minimum Gasteiger partial charge on any atom is -0.294 e. The molecule has 0 radical (unpaired) electrons. The molecule has 0 spiro atoms. The summed E-state index contributed by atoms with van der Waals surface area (Å²) in [6.07, 6.45) is 9.10. The Morgan fingerprint density at radius 2 is 2.23 bits per heavy atom. The fourth-order valence-corrected chi connectivity index (χ4v) is 2.55. The van der Waals surface area contributed by atoms with Crippen molar-refractivity contribution in [3.8, 4) is 0 Å². The number of carbonyl (C=O) groups is 1. The summed E-state index contributed by atoms with van der Waals surface area (Å²) in [6, 6.07) is 0. The van der Waals surface area contributed by atoms with E-state index in [0.717, 1.165) is 12.8 Å². The summed E-state index contributed by atoms with van der Waals surface area (Å²) < 4.78 is 0. The summed E-state index contributed by atoms with van der Waals surface area (Å²) in [5.74, 6) is 6.35. The molecule has 3 nitrogen and oxygen atoms in total. The number of allylic oxidation sites excluding steroid dienone is 2. The molecule has 0 aromatic carbocycles. The van der Waals surface area contributed by atoms with Crippen molar-refractivity contribution in [2.45, 2.75) is 25.7 Å². The third kappa shape index (κ3) is 1.61. The molecule has 0 aromatic rings. The fraction of sp³-hybridized carbons (Fsp3) is 0.700. The van der Waals surface area contributed by atoms with E-state index >= 15 is 0 Å². The van der Waals surface area contributed by atoms with E-state index in [2.05, 4.69) is 17.6 Å². The Kier molecular flexibility index (Phi) is 2.36. The number of nitrogens with one attached hydrogen (secondary N) is 1. The summed E-state index contributed by atoms with van der Waals surface area (Å²) in [5, 5.41) is 0. The van der Waals surface area contributed by atoms with Crippen molar-refractivity contribution in [1.82, 2.24) is 5.43 Å². The van der Waals surface area contributed by atoms with Gasteiger partial charge in [-0.25, -0.2) is 5.84 Å². The van der Waals surface area contributed by atoms with E-state index in [-0.39, 0.29) is 11.8 Å². The Bertz CT molecular complexity index is 237. The topological polar surface area (TPSA) is 55.1 Å². The van der Waals surface area contributed by atoms with E-state index in [4.69, 9.17) is 5.84 Å². The number of hydrogen-bond acceptors (Lipinski definition) is 2. The first-order chi connectivity index (χ1) is 6.31. The maximum Gasteiger partial charge on any atom is 0.237 e. The van der Waals surface area contributed by atoms with Crippen molar-refractivity contribution >= 4 is 5.91 Å². The first-order valence-electron chi connectivity index (χ1n) is 5.00. The van der Waals surface area contributed by atoms with Crippen molar-refractivity contribution in [3.63, 3.8) is 0 Å². The molecular weight excluding hydrogens is 164 g/mol. The van der Waals surface area contributed by atoms with Crippen LogP contribution in [0.5, 0.6) is 0 Å². The maximum atomic E-state index is 11.4. The van der Waals surface area contributed by atoms with Crippen LogP contribution in [-0.2, 0) is 4.79 Å². The number of hydrazine groups is 1. The Morgan fingerprint density at radius 1 is 1.38 bits per heavy atom. The van der Waals surface area contributed by atoms with Gasteiger partial charge in [0.1, 0.15) is 0 Å². The van der Waals surface area contributed by atoms with Crippen LogP contribution in [-0.4, -0.2) is 5.91 Å². The summed E-state index contributed by atoms with van der Waals surface area (Å²) in [6.45, 7) is 0. The van der Waals surface area contributed by atoms with Crippen LogP contribution in [0.2, 0.25) is 0 Å². The molecule has 3 aliphatic rings. The smallest absolute Gasteiger partial charge is 0.237 e. The molecule has 1 saturated carbocycles. The summed E-state index contributed by atoms with van der Waals surface area (Å²) in [5.41, 5.74) is 2.27. The van der Waals surface area contributed by atoms with E-state index in [1.807, 2.05) is 0 Å². The number of rotatable bonds is 1. The minimum absolute atomic E-state index is 0.0150. The molecule has 2 bridgehead atoms. The number of nitrogens with two attached hydrogens (primary N) is 1. The van der Waals surface area contributed by atoms with Gasteiger partial charge in [0, 0.05) is 5.92 Å². The van der Waals surface area contributed by atoms with Crippen LogP contribution < -0.4 is 11.3 Å². The molecule has 13 heavy (non-hydrogen) atoms. The average Bonchev–Trinajstić information content (AvgIpc) is 2.50. The molecule has 0 unspecified atom stereocenters. The van der Waals surface area contributed by atoms with Crippen LogP contribution >= 0.6 is 0 Å². The molecule has 3 heteroatoms. The van der Waals surface area contributed by atoms with Crippen molar-refractivity contribution < 1.29 is 4.79 Å². The molecule has 1 fully saturated rings. The monoisotopic (exact) mass is 180 g/mol. The highest BCUT2D eigenvalue weighted by atomic mass is 16.2. The SMILES string of the molecule is NNC(=O)[C@H]1C[C@@H]2C=C[C@H]1CCC2. The summed E-state index contributed by atoms with van der Waals surface area (Å²) in [4.78, 5) is 11.4. The molecular formula is C10H16N2O. The lowest BCUT2D eigenvalue weighted by molar-refractivity contribution is -0.126. The van der Waals surface area contributed by atoms with E-state index in [1.54, 1.807) is 0 Å². The van der Waals surface area contributed by atoms with E-state index in [0.29, 0.717) is 11.8 Å². The molecule has 0 aromatic heterocycles. The number of amides is 1. The summed E-state index contributed by atoms with van der Waals surface area (Å²) >= 11 is 0. The molecule has 3 atom stereocenters. The normalized spacial score (nSPS) is 37.2. The molecule has 0 saturated heterocycles. The van der Waals surface area contributed by atoms with Crippen molar-refractivity contribution in [2.75, 3.05) is 0 Å². The predicted molar refractivity (Wildman–Crippen MR) is 50.4 cm³/mol. The van der Waals surface area contributed by atoms with Gasteiger partial charge in [-0.05, 0) is 31.1 Å². The molecule has 1 amide bonds. The van der Waals surface area contributed by atoms with Gasteiger partial charge in [-0.1, -0.05) is 18.6 Å². The summed E-state index contributed by atoms with van der Waals surface area (Å²) in [7, 11) is 0. The van der Waals surface area contributed by atoms with Crippen molar-refractivity contribution in [3.05, 3.63) is 12.2 Å². The lowest BCUT2D eigenvalue weighted by atomic mass is 9.80. The highest BCUT2D eigenvalue weighted by Crippen LogP contribution is 2.38. The van der Waals surface area contributed by atoms with Gasteiger partial charge in [0.15, 0.2) is 0 Å². The predicted octanol–water partition coefficient (Wildman–Crippen LogP) is 0.969. The van der Waals surface area contributed by atoms with Gasteiger partial charge < -0.3 is 0 Å². The first kappa shape index (κ1) is 8.75. The Hall–Kier alpha value is -0.830. The molecule has 72 valence electrons. The van der Waals surface area contributed by atoms with Gasteiger partial charge in [0.2, 0.25) is 5.91 Å². The van der Waals surface area contributed by atoms with Crippen LogP contribution in [0.25, 0.3) is 0 Å². The van der Waals surface area contributed by atoms with Gasteiger partial charge in [0.25, 0.3) is 0 Å². The zero-order valence-electron chi connectivity index (χ0n) is 7.70. The van der Waals surface area contributed by atoms with E-state index in [1.165, 1.54) is 12.8 Å². The second-order valence-electron chi connectivity index (χ2n) is 4.09. The van der Waals surface area contributed by atoms with E-state index in [9.17, 15) is 4.79 Å². The number of hydrogen-bond donors (Lipinski definition) is 2. The van der Waals surface area contributed by atoms with Crippen LogP contribution in [0.15, 0.2) is 12.2 Å². The highest BCUT2D eigenvalue weighted by molar-refractivity contribution is 5.78. The number of fused-ring (bicyclic) bond motifs is 3. The second kappa shape index (κ2) is 3.50. The quantitative estimate of drug-likeness (QED) is 0.273. The first-order valence-corrected chi connectivity index (χ1v) is 5.00. The van der Waals surface area contributed by atoms with Gasteiger partial charge in [-0.15, -0.1) is 0 Å². The van der Waals surface area contributed by atoms with Crippen LogP contribution in [0, 0.1) is 17.8 Å². The third-order valence-corrected chi connectivity index (χ3v) is 3.30. The van der Waals surface area contributed by atoms with Crippen molar-refractivity contribution in [1.29, 1.82) is 0 Å². The van der Waals surface area contributed by atoms with Gasteiger partial charge in [-0.2, -0.15) is 0 Å². The lowest BCUT2D eigenvalue weighted by Gasteiger charge is -2.26. The van der Waals surface area contributed by atoms with Crippen LogP contribution in [0.3, 0.4) is 0 Å². The third-order valence-electron chi connectivity index (χ3n) is 3.30. The molecule has 3 rings (SSSR count). The van der Waals surface area contributed by atoms with Crippen molar-refractivity contribution in [2.24, 2.45) is 23.6 Å². The zero-order chi connectivity index (χ0) is 9.26. The highest BCUT2D eigenvalue weighted by Gasteiger charge is 2.33. The molecule has 0 heterocycles. The maximum absolute atomic E-state index is 11.4. The minimum atomic E-state index is 0.0150. The van der Waals surface area contributed by atoms with Gasteiger partial charge >= 0.3 is 0 Å². The van der Waals surface area contributed by atoms with Gasteiger partial charge in [0.05, 0.1) is 0 Å². The number of carbonyl (C=O) groups excluding carboxylic acids is 1. The van der Waals surface area contributed by atoms with Gasteiger partial charge in [-0.3, -0.25) is 10.2 Å².